The van der Waals surface area contributed by atoms with E-state index in [0.717, 1.165) is 6.26 Å². The fourth-order valence-electron chi connectivity index (χ4n) is 3.15. The number of imidazole rings is 1. The van der Waals surface area contributed by atoms with Crippen LogP contribution in [-0.4, -0.2) is 82.3 Å². The van der Waals surface area contributed by atoms with Crippen molar-refractivity contribution in [1.29, 1.82) is 0 Å². The standard InChI is InChI=1S/C15H19N5O7/c21-2-8-10(23)11(24)14(27-8)20-6-19-9-12(17-5-18-13(9)20)16-4-15(25)1-7(22)3-26-15/h3,5-6,8,10-11,14,21-25H,1-2,4H2,(H,16,17,18)/t8-,10-,11+,14?,15?/m1/s1. The molecule has 2 aliphatic heterocycles. The number of rotatable bonds is 5. The largest absolute Gasteiger partial charge is 0.509 e. The fraction of sp³-hybridized carbons (Fsp3) is 0.533. The molecule has 4 rings (SSSR count). The number of anilines is 1. The lowest BCUT2D eigenvalue weighted by molar-refractivity contribution is -0.140. The number of hydrogen-bond donors (Lipinski definition) is 6. The molecule has 2 aromatic heterocycles. The molecule has 0 spiro atoms. The molecule has 0 saturated carbocycles. The van der Waals surface area contributed by atoms with E-state index in [2.05, 4.69) is 20.3 Å². The van der Waals surface area contributed by atoms with Crippen LogP contribution in [0.25, 0.3) is 11.2 Å². The summed E-state index contributed by atoms with van der Waals surface area (Å²) in [5, 5.41) is 51.8. The summed E-state index contributed by atoms with van der Waals surface area (Å²) in [4.78, 5) is 12.4. The minimum Gasteiger partial charge on any atom is -0.509 e. The Morgan fingerprint density at radius 2 is 2.07 bits per heavy atom. The van der Waals surface area contributed by atoms with Gasteiger partial charge in [0.2, 0.25) is 5.79 Å². The number of aliphatic hydroxyl groups excluding tert-OH is 4. The second kappa shape index (κ2) is 6.58. The fourth-order valence-corrected chi connectivity index (χ4v) is 3.15. The van der Waals surface area contributed by atoms with Gasteiger partial charge in [0.1, 0.15) is 36.7 Å². The third-order valence-corrected chi connectivity index (χ3v) is 4.55. The zero-order valence-corrected chi connectivity index (χ0v) is 14.0. The van der Waals surface area contributed by atoms with Gasteiger partial charge in [0, 0.05) is 0 Å². The molecule has 12 nitrogen and oxygen atoms in total. The Kier molecular flexibility index (Phi) is 4.36. The Morgan fingerprint density at radius 1 is 1.26 bits per heavy atom. The molecule has 27 heavy (non-hydrogen) atoms. The average Bonchev–Trinajstić information content (AvgIpc) is 3.31. The van der Waals surface area contributed by atoms with Crippen molar-refractivity contribution in [2.24, 2.45) is 0 Å². The quantitative estimate of drug-likeness (QED) is 0.350. The molecule has 1 fully saturated rings. The molecule has 12 heteroatoms. The summed E-state index contributed by atoms with van der Waals surface area (Å²) in [6, 6.07) is 0. The van der Waals surface area contributed by atoms with Crippen LogP contribution in [0.1, 0.15) is 12.6 Å². The number of aliphatic hydroxyl groups is 5. The van der Waals surface area contributed by atoms with Crippen molar-refractivity contribution in [2.45, 2.75) is 36.7 Å². The monoisotopic (exact) mass is 381 g/mol. The van der Waals surface area contributed by atoms with Gasteiger partial charge in [-0.25, -0.2) is 15.0 Å². The maximum Gasteiger partial charge on any atom is 0.232 e. The van der Waals surface area contributed by atoms with Crippen molar-refractivity contribution in [1.82, 2.24) is 19.5 Å². The summed E-state index contributed by atoms with van der Waals surface area (Å²) in [7, 11) is 0. The Labute approximate surface area is 152 Å². The van der Waals surface area contributed by atoms with Gasteiger partial charge in [-0.05, 0) is 0 Å². The van der Waals surface area contributed by atoms with Gasteiger partial charge in [0.05, 0.1) is 25.9 Å². The lowest BCUT2D eigenvalue weighted by Gasteiger charge is -2.22. The number of nitrogens with zero attached hydrogens (tertiary/aromatic N) is 4. The molecule has 6 N–H and O–H groups in total. The zero-order chi connectivity index (χ0) is 19.2. The van der Waals surface area contributed by atoms with Gasteiger partial charge in [0.25, 0.3) is 0 Å². The highest BCUT2D eigenvalue weighted by molar-refractivity contribution is 5.82. The van der Waals surface area contributed by atoms with Crippen molar-refractivity contribution in [2.75, 3.05) is 18.5 Å². The van der Waals surface area contributed by atoms with Gasteiger partial charge < -0.3 is 40.3 Å². The molecule has 4 heterocycles. The van der Waals surface area contributed by atoms with Crippen LogP contribution in [0.3, 0.4) is 0 Å². The minimum absolute atomic E-state index is 0.0643. The molecule has 2 aromatic rings. The van der Waals surface area contributed by atoms with E-state index in [9.17, 15) is 25.5 Å². The van der Waals surface area contributed by atoms with Crippen molar-refractivity contribution in [3.05, 3.63) is 24.7 Å². The molecule has 146 valence electrons. The van der Waals surface area contributed by atoms with E-state index in [1.165, 1.54) is 17.2 Å². The predicted octanol–water partition coefficient (Wildman–Crippen LogP) is -1.64. The Hall–Kier alpha value is -2.51. The van der Waals surface area contributed by atoms with Crippen molar-refractivity contribution in [3.63, 3.8) is 0 Å². The Balaban J connectivity index is 1.57. The highest BCUT2D eigenvalue weighted by atomic mass is 16.6. The molecule has 0 bridgehead atoms. The van der Waals surface area contributed by atoms with Gasteiger partial charge >= 0.3 is 0 Å². The lowest BCUT2D eigenvalue weighted by Crippen LogP contribution is -2.36. The normalized spacial score (nSPS) is 33.3. The molecular weight excluding hydrogens is 362 g/mol. The van der Waals surface area contributed by atoms with Crippen LogP contribution in [0.5, 0.6) is 0 Å². The summed E-state index contributed by atoms with van der Waals surface area (Å²) in [6.45, 7) is -0.511. The number of nitrogens with one attached hydrogen (secondary N) is 1. The maximum absolute atomic E-state index is 10.2. The van der Waals surface area contributed by atoms with Crippen LogP contribution in [0.15, 0.2) is 24.7 Å². The molecule has 0 aliphatic carbocycles. The smallest absolute Gasteiger partial charge is 0.232 e. The predicted molar refractivity (Wildman–Crippen MR) is 88.2 cm³/mol. The van der Waals surface area contributed by atoms with E-state index in [4.69, 9.17) is 9.47 Å². The molecule has 2 unspecified atom stereocenters. The van der Waals surface area contributed by atoms with Gasteiger partial charge in [-0.2, -0.15) is 0 Å². The van der Waals surface area contributed by atoms with E-state index in [1.54, 1.807) is 0 Å². The van der Waals surface area contributed by atoms with Crippen LogP contribution in [-0.2, 0) is 9.47 Å². The zero-order valence-electron chi connectivity index (χ0n) is 14.0. The van der Waals surface area contributed by atoms with Crippen molar-refractivity contribution < 1.29 is 35.0 Å². The van der Waals surface area contributed by atoms with Crippen molar-refractivity contribution in [3.8, 4) is 0 Å². The summed E-state index contributed by atoms with van der Waals surface area (Å²) in [5.74, 6) is -1.37. The molecule has 0 amide bonds. The second-order valence-corrected chi connectivity index (χ2v) is 6.48. The van der Waals surface area contributed by atoms with Gasteiger partial charge in [-0.3, -0.25) is 4.57 Å². The van der Waals surface area contributed by atoms with Crippen LogP contribution in [0.2, 0.25) is 0 Å². The first-order valence-corrected chi connectivity index (χ1v) is 8.24. The van der Waals surface area contributed by atoms with E-state index in [1.807, 2.05) is 0 Å². The number of ether oxygens (including phenoxy) is 2. The van der Waals surface area contributed by atoms with Crippen LogP contribution in [0, 0.1) is 0 Å². The average molecular weight is 381 g/mol. The summed E-state index contributed by atoms with van der Waals surface area (Å²) >= 11 is 0. The van der Waals surface area contributed by atoms with Gasteiger partial charge in [-0.15, -0.1) is 0 Å². The molecule has 5 atom stereocenters. The third kappa shape index (κ3) is 3.07. The molecule has 1 saturated heterocycles. The lowest BCUT2D eigenvalue weighted by atomic mass is 10.1. The highest BCUT2D eigenvalue weighted by Gasteiger charge is 2.44. The van der Waals surface area contributed by atoms with E-state index in [-0.39, 0.29) is 18.7 Å². The van der Waals surface area contributed by atoms with Crippen molar-refractivity contribution >= 4 is 17.0 Å². The van der Waals surface area contributed by atoms with E-state index >= 15 is 0 Å². The summed E-state index contributed by atoms with van der Waals surface area (Å²) < 4.78 is 12.0. The molecule has 2 aliphatic rings. The van der Waals surface area contributed by atoms with Crippen LogP contribution >= 0.6 is 0 Å². The summed E-state index contributed by atoms with van der Waals surface area (Å²) in [5.41, 5.74) is 0.664. The Bertz CT molecular complexity index is 873. The third-order valence-electron chi connectivity index (χ3n) is 4.55. The second-order valence-electron chi connectivity index (χ2n) is 6.48. The first kappa shape index (κ1) is 17.9. The summed E-state index contributed by atoms with van der Waals surface area (Å²) in [6.07, 6.45) is -0.764. The molecule has 0 radical (unpaired) electrons. The van der Waals surface area contributed by atoms with Gasteiger partial charge in [-0.1, -0.05) is 0 Å². The van der Waals surface area contributed by atoms with Gasteiger partial charge in [0.15, 0.2) is 23.2 Å². The van der Waals surface area contributed by atoms with E-state index in [0.29, 0.717) is 17.0 Å². The topological polar surface area (TPSA) is 175 Å². The first-order chi connectivity index (χ1) is 12.9. The SMILES string of the molecule is OC[C@H]1OC(n2cnc3c(NCC4(O)CC(O)=CO4)ncnc32)[C@@H](O)[C@@H]1O. The van der Waals surface area contributed by atoms with Crippen LogP contribution < -0.4 is 5.32 Å². The van der Waals surface area contributed by atoms with E-state index < -0.39 is 36.9 Å². The first-order valence-electron chi connectivity index (χ1n) is 8.24. The van der Waals surface area contributed by atoms with Crippen LogP contribution in [0.4, 0.5) is 5.82 Å². The molecule has 0 aromatic carbocycles. The molecular formula is C15H19N5O7. The number of hydrogen-bond acceptors (Lipinski definition) is 11. The Morgan fingerprint density at radius 3 is 2.74 bits per heavy atom. The number of fused-ring (bicyclic) bond motifs is 1. The maximum atomic E-state index is 10.2. The minimum atomic E-state index is -1.60. The number of aromatic nitrogens is 4. The highest BCUT2D eigenvalue weighted by Crippen LogP contribution is 2.32.